The van der Waals surface area contributed by atoms with Crippen LogP contribution < -0.4 is 0 Å². The van der Waals surface area contributed by atoms with Crippen LogP contribution in [0.5, 0.6) is 0 Å². The van der Waals surface area contributed by atoms with E-state index in [2.05, 4.69) is 26.1 Å². The zero-order chi connectivity index (χ0) is 19.2. The molecule has 0 unspecified atom stereocenters. The molecule has 0 fully saturated rings. The zero-order valence-electron chi connectivity index (χ0n) is 14.0. The maximum absolute atomic E-state index is 12.9. The van der Waals surface area contributed by atoms with Crippen LogP contribution in [0.1, 0.15) is 22.7 Å². The lowest BCUT2D eigenvalue weighted by Gasteiger charge is -2.03. The Labute approximate surface area is 162 Å². The molecule has 0 saturated heterocycles. The van der Waals surface area contributed by atoms with Gasteiger partial charge in [-0.05, 0) is 36.4 Å². The van der Waals surface area contributed by atoms with E-state index in [-0.39, 0.29) is 36.9 Å². The van der Waals surface area contributed by atoms with Gasteiger partial charge in [0.1, 0.15) is 5.82 Å². The van der Waals surface area contributed by atoms with Crippen molar-refractivity contribution in [1.29, 1.82) is 0 Å². The highest BCUT2D eigenvalue weighted by Crippen LogP contribution is 2.17. The molecule has 8 heteroatoms. The number of aromatic nitrogens is 2. The SMILES string of the molecule is O=C(CCc1nc(-c2ccc(F)cc2)no1)OCC(=O)c1ccc(Br)cc1. The second-order valence-corrected chi connectivity index (χ2v) is 6.53. The maximum Gasteiger partial charge on any atom is 0.306 e. The van der Waals surface area contributed by atoms with Crippen molar-refractivity contribution in [2.45, 2.75) is 12.8 Å². The van der Waals surface area contributed by atoms with E-state index in [9.17, 15) is 14.0 Å². The van der Waals surface area contributed by atoms with E-state index in [1.54, 1.807) is 24.3 Å². The Hall–Kier alpha value is -2.87. The molecule has 0 N–H and O–H groups in total. The summed E-state index contributed by atoms with van der Waals surface area (Å²) in [7, 11) is 0. The highest BCUT2D eigenvalue weighted by Gasteiger charge is 2.13. The normalized spacial score (nSPS) is 10.6. The van der Waals surface area contributed by atoms with Gasteiger partial charge in [0.2, 0.25) is 11.7 Å². The van der Waals surface area contributed by atoms with E-state index in [1.807, 2.05) is 0 Å². The maximum atomic E-state index is 12.9. The molecule has 0 aliphatic carbocycles. The van der Waals surface area contributed by atoms with Crippen LogP contribution in [0.25, 0.3) is 11.4 Å². The molecule has 2 aromatic carbocycles. The van der Waals surface area contributed by atoms with Crippen LogP contribution in [-0.2, 0) is 16.0 Å². The average Bonchev–Trinajstić information content (AvgIpc) is 3.14. The van der Waals surface area contributed by atoms with Gasteiger partial charge in [-0.1, -0.05) is 33.2 Å². The Morgan fingerprint density at radius 2 is 1.78 bits per heavy atom. The topological polar surface area (TPSA) is 82.3 Å². The second-order valence-electron chi connectivity index (χ2n) is 5.61. The van der Waals surface area contributed by atoms with Crippen LogP contribution in [0.2, 0.25) is 0 Å². The molecule has 0 radical (unpaired) electrons. The summed E-state index contributed by atoms with van der Waals surface area (Å²) in [6.45, 7) is -0.328. The van der Waals surface area contributed by atoms with Gasteiger partial charge in [0.25, 0.3) is 0 Å². The number of halogens is 2. The molecule has 0 bridgehead atoms. The molecule has 1 heterocycles. The van der Waals surface area contributed by atoms with Crippen LogP contribution in [-0.4, -0.2) is 28.5 Å². The van der Waals surface area contributed by atoms with Crippen molar-refractivity contribution in [1.82, 2.24) is 10.1 Å². The first-order valence-corrected chi connectivity index (χ1v) is 8.83. The molecule has 0 spiro atoms. The van der Waals surface area contributed by atoms with Gasteiger partial charge in [0.15, 0.2) is 12.4 Å². The molecule has 1 aromatic heterocycles. The number of rotatable bonds is 7. The van der Waals surface area contributed by atoms with E-state index >= 15 is 0 Å². The van der Waals surface area contributed by atoms with Gasteiger partial charge < -0.3 is 9.26 Å². The van der Waals surface area contributed by atoms with Crippen LogP contribution in [0.3, 0.4) is 0 Å². The van der Waals surface area contributed by atoms with Crippen molar-refractivity contribution in [3.8, 4) is 11.4 Å². The molecular formula is C19H14BrFN2O4. The molecule has 0 saturated carbocycles. The first-order chi connectivity index (χ1) is 13.0. The van der Waals surface area contributed by atoms with E-state index in [4.69, 9.17) is 9.26 Å². The number of ether oxygens (including phenoxy) is 1. The predicted octanol–water partition coefficient (Wildman–Crippen LogP) is 4.00. The van der Waals surface area contributed by atoms with Crippen LogP contribution in [0, 0.1) is 5.82 Å². The number of carbonyl (C=O) groups is 2. The van der Waals surface area contributed by atoms with Crippen molar-refractivity contribution < 1.29 is 23.2 Å². The van der Waals surface area contributed by atoms with Crippen molar-refractivity contribution in [3.05, 3.63) is 70.3 Å². The number of carbonyl (C=O) groups excluding carboxylic acids is 2. The molecule has 3 rings (SSSR count). The number of Topliss-reactive ketones (excluding diaryl/α,β-unsaturated/α-hetero) is 1. The molecule has 138 valence electrons. The summed E-state index contributed by atoms with van der Waals surface area (Å²) in [6.07, 6.45) is 0.179. The minimum Gasteiger partial charge on any atom is -0.457 e. The Kier molecular flexibility index (Phi) is 6.08. The average molecular weight is 433 g/mol. The monoisotopic (exact) mass is 432 g/mol. The number of ketones is 1. The van der Waals surface area contributed by atoms with E-state index in [0.29, 0.717) is 17.0 Å². The number of nitrogens with zero attached hydrogens (tertiary/aromatic N) is 2. The van der Waals surface area contributed by atoms with Crippen molar-refractivity contribution in [2.75, 3.05) is 6.61 Å². The Morgan fingerprint density at radius 1 is 1.07 bits per heavy atom. The third kappa shape index (κ3) is 5.30. The van der Waals surface area contributed by atoms with Gasteiger partial charge >= 0.3 is 5.97 Å². The highest BCUT2D eigenvalue weighted by molar-refractivity contribution is 9.10. The Balaban J connectivity index is 1.47. The summed E-state index contributed by atoms with van der Waals surface area (Å²) in [4.78, 5) is 27.9. The lowest BCUT2D eigenvalue weighted by atomic mass is 10.1. The Morgan fingerprint density at radius 3 is 2.48 bits per heavy atom. The minimum absolute atomic E-state index is 0.00132. The Bertz CT molecular complexity index is 939. The molecular weight excluding hydrogens is 419 g/mol. The largest absolute Gasteiger partial charge is 0.457 e. The molecule has 0 aliphatic heterocycles. The summed E-state index contributed by atoms with van der Waals surface area (Å²) in [5.41, 5.74) is 1.07. The quantitative estimate of drug-likeness (QED) is 0.414. The summed E-state index contributed by atoms with van der Waals surface area (Å²) >= 11 is 3.29. The summed E-state index contributed by atoms with van der Waals surface area (Å²) in [6, 6.07) is 12.4. The lowest BCUT2D eigenvalue weighted by Crippen LogP contribution is -2.14. The predicted molar refractivity (Wildman–Crippen MR) is 97.4 cm³/mol. The fraction of sp³-hybridized carbons (Fsp3) is 0.158. The third-order valence-corrected chi connectivity index (χ3v) is 4.17. The summed E-state index contributed by atoms with van der Waals surface area (Å²) in [5.74, 6) is -0.619. The third-order valence-electron chi connectivity index (χ3n) is 3.64. The van der Waals surface area contributed by atoms with E-state index in [0.717, 1.165) is 4.47 Å². The van der Waals surface area contributed by atoms with Gasteiger partial charge in [-0.3, -0.25) is 9.59 Å². The van der Waals surface area contributed by atoms with Crippen LogP contribution in [0.4, 0.5) is 4.39 Å². The summed E-state index contributed by atoms with van der Waals surface area (Å²) < 4.78 is 23.8. The number of benzene rings is 2. The molecule has 3 aromatic rings. The van der Waals surface area contributed by atoms with E-state index in [1.165, 1.54) is 24.3 Å². The van der Waals surface area contributed by atoms with Crippen molar-refractivity contribution in [3.63, 3.8) is 0 Å². The number of hydrogen-bond acceptors (Lipinski definition) is 6. The zero-order valence-corrected chi connectivity index (χ0v) is 15.6. The molecule has 27 heavy (non-hydrogen) atoms. The first-order valence-electron chi connectivity index (χ1n) is 8.04. The van der Waals surface area contributed by atoms with Gasteiger partial charge in [-0.25, -0.2) is 4.39 Å². The fourth-order valence-corrected chi connectivity index (χ4v) is 2.48. The van der Waals surface area contributed by atoms with Crippen molar-refractivity contribution >= 4 is 27.7 Å². The van der Waals surface area contributed by atoms with E-state index < -0.39 is 5.97 Å². The number of aryl methyl sites for hydroxylation is 1. The van der Waals surface area contributed by atoms with Crippen LogP contribution >= 0.6 is 15.9 Å². The van der Waals surface area contributed by atoms with Gasteiger partial charge in [0, 0.05) is 22.0 Å². The second kappa shape index (κ2) is 8.68. The first kappa shape index (κ1) is 18.9. The lowest BCUT2D eigenvalue weighted by molar-refractivity contribution is -0.142. The van der Waals surface area contributed by atoms with Gasteiger partial charge in [-0.15, -0.1) is 0 Å². The summed E-state index contributed by atoms with van der Waals surface area (Å²) in [5, 5.41) is 3.80. The minimum atomic E-state index is -0.540. The van der Waals surface area contributed by atoms with Gasteiger partial charge in [0.05, 0.1) is 6.42 Å². The fourth-order valence-electron chi connectivity index (χ4n) is 2.22. The highest BCUT2D eigenvalue weighted by atomic mass is 79.9. The molecule has 0 aliphatic rings. The van der Waals surface area contributed by atoms with Crippen molar-refractivity contribution in [2.24, 2.45) is 0 Å². The van der Waals surface area contributed by atoms with Crippen LogP contribution in [0.15, 0.2) is 57.5 Å². The molecule has 0 amide bonds. The number of esters is 1. The molecule has 6 nitrogen and oxygen atoms in total. The smallest absolute Gasteiger partial charge is 0.306 e. The standard InChI is InChI=1S/C19H14BrFN2O4/c20-14-5-1-12(2-6-14)16(24)11-26-18(25)10-9-17-22-19(23-27-17)13-3-7-15(21)8-4-13/h1-8H,9-11H2. The van der Waals surface area contributed by atoms with Gasteiger partial charge in [-0.2, -0.15) is 4.98 Å². The molecule has 0 atom stereocenters. The number of hydrogen-bond donors (Lipinski definition) is 0.